The standard InChI is InChI=1S/C29H24N6O2/c1-18(32-28-24(30-3)17-31-19(2)33-28)25-16-20-10-8-13-22(23-14-9-15-26(34-23)37-4)27(20)29(36)35(25)21-11-6-5-7-12-21/h5-18H,1-2,4H3,(H,31,32,33)/t18-/m0/s1. The van der Waals surface area contributed by atoms with E-state index in [1.807, 2.05) is 73.7 Å². The van der Waals surface area contributed by atoms with Crippen molar-refractivity contribution in [3.63, 3.8) is 0 Å². The first-order valence-corrected chi connectivity index (χ1v) is 11.7. The predicted octanol–water partition coefficient (Wildman–Crippen LogP) is 5.88. The highest BCUT2D eigenvalue weighted by Gasteiger charge is 2.20. The lowest BCUT2D eigenvalue weighted by molar-refractivity contribution is 0.398. The van der Waals surface area contributed by atoms with Gasteiger partial charge in [0, 0.05) is 29.2 Å². The van der Waals surface area contributed by atoms with E-state index >= 15 is 0 Å². The minimum Gasteiger partial charge on any atom is -0.481 e. The summed E-state index contributed by atoms with van der Waals surface area (Å²) >= 11 is 0. The fraction of sp³-hybridized carbons (Fsp3) is 0.138. The van der Waals surface area contributed by atoms with Crippen molar-refractivity contribution in [3.8, 4) is 22.8 Å². The third kappa shape index (κ3) is 4.50. The van der Waals surface area contributed by atoms with E-state index in [0.717, 1.165) is 22.3 Å². The number of hydrogen-bond donors (Lipinski definition) is 1. The lowest BCUT2D eigenvalue weighted by Crippen LogP contribution is -2.26. The van der Waals surface area contributed by atoms with Crippen molar-refractivity contribution in [2.45, 2.75) is 19.9 Å². The van der Waals surface area contributed by atoms with Crippen LogP contribution < -0.4 is 15.6 Å². The van der Waals surface area contributed by atoms with Gasteiger partial charge in [-0.1, -0.05) is 42.5 Å². The molecule has 182 valence electrons. The summed E-state index contributed by atoms with van der Waals surface area (Å²) in [5, 5.41) is 4.67. The van der Waals surface area contributed by atoms with E-state index in [9.17, 15) is 4.79 Å². The minimum absolute atomic E-state index is 0.170. The van der Waals surface area contributed by atoms with Gasteiger partial charge in [-0.25, -0.2) is 14.8 Å². The zero-order valence-electron chi connectivity index (χ0n) is 20.6. The molecule has 0 fully saturated rings. The van der Waals surface area contributed by atoms with Gasteiger partial charge in [0.15, 0.2) is 0 Å². The maximum atomic E-state index is 14.2. The average molecular weight is 489 g/mol. The number of aromatic nitrogens is 4. The molecule has 1 atom stereocenters. The van der Waals surface area contributed by atoms with Crippen LogP contribution >= 0.6 is 0 Å². The summed E-state index contributed by atoms with van der Waals surface area (Å²) in [6, 6.07) is 22.4. The van der Waals surface area contributed by atoms with E-state index < -0.39 is 0 Å². The van der Waals surface area contributed by atoms with Gasteiger partial charge in [-0.2, -0.15) is 0 Å². The summed E-state index contributed by atoms with van der Waals surface area (Å²) in [5.74, 6) is 1.45. The molecule has 1 N–H and O–H groups in total. The minimum atomic E-state index is -0.356. The highest BCUT2D eigenvalue weighted by atomic mass is 16.5. The summed E-state index contributed by atoms with van der Waals surface area (Å²) < 4.78 is 7.02. The van der Waals surface area contributed by atoms with Gasteiger partial charge in [-0.15, -0.1) is 0 Å². The number of anilines is 1. The van der Waals surface area contributed by atoms with Crippen LogP contribution in [0, 0.1) is 13.5 Å². The van der Waals surface area contributed by atoms with E-state index in [0.29, 0.717) is 34.3 Å². The van der Waals surface area contributed by atoms with Gasteiger partial charge in [0.25, 0.3) is 5.56 Å². The van der Waals surface area contributed by atoms with Crippen molar-refractivity contribution in [1.29, 1.82) is 0 Å². The molecule has 0 unspecified atom stereocenters. The number of benzene rings is 2. The van der Waals surface area contributed by atoms with Gasteiger partial charge in [-0.05, 0) is 43.5 Å². The van der Waals surface area contributed by atoms with Gasteiger partial charge < -0.3 is 10.1 Å². The Morgan fingerprint density at radius 1 is 1.03 bits per heavy atom. The quantitative estimate of drug-likeness (QED) is 0.300. The fourth-order valence-electron chi connectivity index (χ4n) is 4.37. The van der Waals surface area contributed by atoms with E-state index in [1.165, 1.54) is 6.20 Å². The highest BCUT2D eigenvalue weighted by Crippen LogP contribution is 2.31. The highest BCUT2D eigenvalue weighted by molar-refractivity contribution is 5.95. The van der Waals surface area contributed by atoms with Gasteiger partial charge >= 0.3 is 0 Å². The number of hydrogen-bond acceptors (Lipinski definition) is 6. The molecule has 0 saturated heterocycles. The third-order valence-corrected chi connectivity index (χ3v) is 6.11. The largest absolute Gasteiger partial charge is 0.481 e. The molecule has 0 amide bonds. The van der Waals surface area contributed by atoms with Crippen molar-refractivity contribution < 1.29 is 4.74 Å². The lowest BCUT2D eigenvalue weighted by atomic mass is 10.0. The molecule has 0 bridgehead atoms. The van der Waals surface area contributed by atoms with Gasteiger partial charge in [-0.3, -0.25) is 14.3 Å². The molecule has 0 aliphatic rings. The van der Waals surface area contributed by atoms with E-state index in [4.69, 9.17) is 11.3 Å². The zero-order valence-corrected chi connectivity index (χ0v) is 20.6. The normalized spacial score (nSPS) is 11.6. The Hall–Kier alpha value is -5.03. The van der Waals surface area contributed by atoms with Crippen molar-refractivity contribution in [1.82, 2.24) is 19.5 Å². The second kappa shape index (κ2) is 9.91. The zero-order chi connectivity index (χ0) is 25.9. The Morgan fingerprint density at radius 3 is 2.57 bits per heavy atom. The lowest BCUT2D eigenvalue weighted by Gasteiger charge is -2.22. The number of para-hydroxylation sites is 1. The number of ether oxygens (including phenoxy) is 1. The SMILES string of the molecule is [C-]#[N+]c1cnc(C)nc1N[C@@H](C)c1cc2cccc(-c3cccc(OC)n3)c2c(=O)n1-c1ccccc1. The Bertz CT molecular complexity index is 1710. The molecule has 0 saturated carbocycles. The fourth-order valence-corrected chi connectivity index (χ4v) is 4.37. The van der Waals surface area contributed by atoms with Gasteiger partial charge in [0.05, 0.1) is 30.8 Å². The first-order chi connectivity index (χ1) is 18.0. The first-order valence-electron chi connectivity index (χ1n) is 11.7. The van der Waals surface area contributed by atoms with Crippen LogP contribution in [0.4, 0.5) is 11.5 Å². The first kappa shape index (κ1) is 23.7. The second-order valence-electron chi connectivity index (χ2n) is 8.51. The molecule has 8 heteroatoms. The monoisotopic (exact) mass is 488 g/mol. The Kier molecular flexibility index (Phi) is 6.35. The summed E-state index contributed by atoms with van der Waals surface area (Å²) in [6.45, 7) is 11.2. The van der Waals surface area contributed by atoms with Crippen LogP contribution in [-0.2, 0) is 0 Å². The molecular weight excluding hydrogens is 464 g/mol. The summed E-state index contributed by atoms with van der Waals surface area (Å²) in [6.07, 6.45) is 1.50. The molecule has 0 aliphatic carbocycles. The van der Waals surface area contributed by atoms with E-state index in [-0.39, 0.29) is 11.6 Å². The molecule has 37 heavy (non-hydrogen) atoms. The number of rotatable bonds is 6. The summed E-state index contributed by atoms with van der Waals surface area (Å²) in [7, 11) is 1.57. The molecule has 0 spiro atoms. The van der Waals surface area contributed by atoms with E-state index in [2.05, 4.69) is 25.1 Å². The van der Waals surface area contributed by atoms with Crippen LogP contribution in [0.15, 0.2) is 83.8 Å². The third-order valence-electron chi connectivity index (χ3n) is 6.11. The summed E-state index contributed by atoms with van der Waals surface area (Å²) in [5.41, 5.74) is 2.98. The molecule has 0 radical (unpaired) electrons. The van der Waals surface area contributed by atoms with Gasteiger partial charge in [0.2, 0.25) is 11.6 Å². The van der Waals surface area contributed by atoms with Crippen LogP contribution in [0.25, 0.3) is 32.6 Å². The van der Waals surface area contributed by atoms with Crippen LogP contribution in [0.3, 0.4) is 0 Å². The van der Waals surface area contributed by atoms with Crippen LogP contribution in [0.1, 0.15) is 24.5 Å². The topological polar surface area (TPSA) is 86.3 Å². The number of methoxy groups -OCH3 is 1. The maximum absolute atomic E-state index is 14.2. The molecular formula is C29H24N6O2. The van der Waals surface area contributed by atoms with Crippen molar-refractivity contribution in [3.05, 3.63) is 112 Å². The van der Waals surface area contributed by atoms with Crippen LogP contribution in [-0.4, -0.2) is 26.6 Å². The summed E-state index contributed by atoms with van der Waals surface area (Å²) in [4.78, 5) is 30.9. The molecule has 3 heterocycles. The predicted molar refractivity (Wildman–Crippen MR) is 144 cm³/mol. The van der Waals surface area contributed by atoms with E-state index in [1.54, 1.807) is 24.7 Å². The molecule has 8 nitrogen and oxygen atoms in total. The number of nitrogens with zero attached hydrogens (tertiary/aromatic N) is 5. The number of nitrogens with one attached hydrogen (secondary N) is 1. The van der Waals surface area contributed by atoms with Crippen molar-refractivity contribution >= 4 is 22.3 Å². The smallest absolute Gasteiger partial charge is 0.263 e. The molecule has 5 rings (SSSR count). The van der Waals surface area contributed by atoms with Crippen LogP contribution in [0.5, 0.6) is 5.88 Å². The van der Waals surface area contributed by atoms with Crippen LogP contribution in [0.2, 0.25) is 0 Å². The molecule has 0 aliphatic heterocycles. The Labute approximate surface area is 214 Å². The van der Waals surface area contributed by atoms with Crippen molar-refractivity contribution in [2.75, 3.05) is 12.4 Å². The number of pyridine rings is 2. The number of aryl methyl sites for hydroxylation is 1. The molecule has 2 aromatic carbocycles. The average Bonchev–Trinajstić information content (AvgIpc) is 2.93. The number of fused-ring (bicyclic) bond motifs is 1. The Balaban J connectivity index is 1.74. The molecule has 3 aromatic heterocycles. The maximum Gasteiger partial charge on any atom is 0.263 e. The Morgan fingerprint density at radius 2 is 1.81 bits per heavy atom. The van der Waals surface area contributed by atoms with Gasteiger partial charge in [0.1, 0.15) is 11.6 Å². The van der Waals surface area contributed by atoms with Crippen molar-refractivity contribution in [2.24, 2.45) is 0 Å². The second-order valence-corrected chi connectivity index (χ2v) is 8.51. The molecule has 5 aromatic rings.